The van der Waals surface area contributed by atoms with Crippen LogP contribution in [0.2, 0.25) is 0 Å². The minimum Gasteiger partial charge on any atom is -0.381 e. The van der Waals surface area contributed by atoms with Crippen LogP contribution in [0.3, 0.4) is 0 Å². The molecule has 5 nitrogen and oxygen atoms in total. The Hall–Kier alpha value is -1.66. The zero-order valence-electron chi connectivity index (χ0n) is 13.9. The number of amides is 1. The first kappa shape index (κ1) is 16.2. The number of fused-ring (bicyclic) bond motifs is 1. The fourth-order valence-electron chi connectivity index (χ4n) is 2.98. The Morgan fingerprint density at radius 2 is 2.26 bits per heavy atom. The van der Waals surface area contributed by atoms with Gasteiger partial charge in [0.25, 0.3) is 5.91 Å². The number of hydrogen-bond donors (Lipinski definition) is 0. The maximum Gasteiger partial charge on any atom is 0.264 e. The normalized spacial score (nSPS) is 17.3. The molecule has 1 aliphatic rings. The summed E-state index contributed by atoms with van der Waals surface area (Å²) in [4.78, 5) is 16.7. The highest BCUT2D eigenvalue weighted by Crippen LogP contribution is 2.29. The van der Waals surface area contributed by atoms with E-state index in [2.05, 4.69) is 18.2 Å². The minimum absolute atomic E-state index is 0.111. The maximum absolute atomic E-state index is 12.8. The lowest BCUT2D eigenvalue weighted by molar-refractivity contribution is 0.0656. The van der Waals surface area contributed by atoms with E-state index >= 15 is 0 Å². The van der Waals surface area contributed by atoms with Crippen LogP contribution in [0, 0.1) is 6.92 Å². The van der Waals surface area contributed by atoms with Crippen molar-refractivity contribution in [1.29, 1.82) is 0 Å². The second-order valence-corrected chi connectivity index (χ2v) is 7.14. The van der Waals surface area contributed by atoms with Crippen molar-refractivity contribution in [3.63, 3.8) is 0 Å². The fourth-order valence-corrected chi connectivity index (χ4v) is 3.82. The third kappa shape index (κ3) is 3.33. The van der Waals surface area contributed by atoms with E-state index in [1.165, 1.54) is 0 Å². The standard InChI is InChI=1S/C17H23N3O2S/c1-4-20-10-13-8-19(17(21)15-7-6-12(3)23-15)9-14(11-22-5-2)16(13)18-20/h6-7,10,14H,4-5,8-9,11H2,1-3H3. The van der Waals surface area contributed by atoms with Crippen molar-refractivity contribution in [3.05, 3.63) is 39.3 Å². The molecule has 0 N–H and O–H groups in total. The van der Waals surface area contributed by atoms with Crippen LogP contribution >= 0.6 is 11.3 Å². The molecule has 0 aliphatic carbocycles. The number of nitrogens with zero attached hydrogens (tertiary/aromatic N) is 3. The predicted molar refractivity (Wildman–Crippen MR) is 90.9 cm³/mol. The summed E-state index contributed by atoms with van der Waals surface area (Å²) in [6, 6.07) is 3.92. The third-order valence-corrected chi connectivity index (χ3v) is 5.13. The van der Waals surface area contributed by atoms with Crippen molar-refractivity contribution in [1.82, 2.24) is 14.7 Å². The first-order chi connectivity index (χ1) is 11.1. The highest BCUT2D eigenvalue weighted by atomic mass is 32.1. The number of thiophene rings is 1. The summed E-state index contributed by atoms with van der Waals surface area (Å²) in [6.45, 7) is 9.53. The SMILES string of the molecule is CCOCC1CN(C(=O)c2ccc(C)s2)Cc2cn(CC)nc21. The number of hydrogen-bond acceptors (Lipinski definition) is 4. The molecule has 6 heteroatoms. The molecule has 1 unspecified atom stereocenters. The molecule has 0 fully saturated rings. The number of rotatable bonds is 5. The summed E-state index contributed by atoms with van der Waals surface area (Å²) in [5, 5.41) is 4.68. The Bertz CT molecular complexity index is 692. The maximum atomic E-state index is 12.8. The van der Waals surface area contributed by atoms with Crippen LogP contribution in [0.15, 0.2) is 18.3 Å². The number of aromatic nitrogens is 2. The second kappa shape index (κ2) is 6.84. The van der Waals surface area contributed by atoms with E-state index in [0.717, 1.165) is 27.6 Å². The molecule has 1 atom stereocenters. The first-order valence-electron chi connectivity index (χ1n) is 8.12. The van der Waals surface area contributed by atoms with Crippen LogP contribution < -0.4 is 0 Å². The van der Waals surface area contributed by atoms with Gasteiger partial charge < -0.3 is 9.64 Å². The van der Waals surface area contributed by atoms with Crippen molar-refractivity contribution in [2.75, 3.05) is 19.8 Å². The Balaban J connectivity index is 1.85. The topological polar surface area (TPSA) is 47.4 Å². The van der Waals surface area contributed by atoms with Gasteiger partial charge >= 0.3 is 0 Å². The number of ether oxygens (including phenoxy) is 1. The Morgan fingerprint density at radius 3 is 2.91 bits per heavy atom. The molecule has 0 spiro atoms. The smallest absolute Gasteiger partial charge is 0.264 e. The van der Waals surface area contributed by atoms with Crippen LogP contribution in [-0.2, 0) is 17.8 Å². The highest BCUT2D eigenvalue weighted by molar-refractivity contribution is 7.13. The molecular formula is C17H23N3O2S. The van der Waals surface area contributed by atoms with Gasteiger partial charge in [0.15, 0.2) is 0 Å². The van der Waals surface area contributed by atoms with Crippen LogP contribution in [0.4, 0.5) is 0 Å². The summed E-state index contributed by atoms with van der Waals surface area (Å²) >= 11 is 1.56. The minimum atomic E-state index is 0.111. The van der Waals surface area contributed by atoms with E-state index in [-0.39, 0.29) is 11.8 Å². The van der Waals surface area contributed by atoms with Gasteiger partial charge in [-0.05, 0) is 32.9 Å². The van der Waals surface area contributed by atoms with Gasteiger partial charge in [-0.2, -0.15) is 5.10 Å². The number of aryl methyl sites for hydroxylation is 2. The Kier molecular flexibility index (Phi) is 4.82. The predicted octanol–water partition coefficient (Wildman–Crippen LogP) is 3.05. The van der Waals surface area contributed by atoms with Crippen LogP contribution in [-0.4, -0.2) is 40.3 Å². The van der Waals surface area contributed by atoms with Crippen molar-refractivity contribution < 1.29 is 9.53 Å². The van der Waals surface area contributed by atoms with Gasteiger partial charge in [-0.1, -0.05) is 0 Å². The van der Waals surface area contributed by atoms with Crippen molar-refractivity contribution in [2.24, 2.45) is 0 Å². The van der Waals surface area contributed by atoms with Crippen LogP contribution in [0.25, 0.3) is 0 Å². The molecule has 2 aromatic heterocycles. The van der Waals surface area contributed by atoms with E-state index in [9.17, 15) is 4.79 Å². The summed E-state index contributed by atoms with van der Waals surface area (Å²) in [7, 11) is 0. The van der Waals surface area contributed by atoms with Gasteiger partial charge in [0.1, 0.15) is 0 Å². The summed E-state index contributed by atoms with van der Waals surface area (Å²) in [6.07, 6.45) is 2.06. The molecule has 0 saturated carbocycles. The quantitative estimate of drug-likeness (QED) is 0.845. The zero-order chi connectivity index (χ0) is 16.4. The summed E-state index contributed by atoms with van der Waals surface area (Å²) in [5.74, 6) is 0.260. The average Bonchev–Trinajstić information content (AvgIpc) is 3.17. The van der Waals surface area contributed by atoms with Gasteiger partial charge in [0.2, 0.25) is 0 Å². The van der Waals surface area contributed by atoms with E-state index in [1.54, 1.807) is 11.3 Å². The van der Waals surface area contributed by atoms with Gasteiger partial charge in [-0.3, -0.25) is 9.48 Å². The summed E-state index contributed by atoms with van der Waals surface area (Å²) in [5.41, 5.74) is 2.23. The largest absolute Gasteiger partial charge is 0.381 e. The van der Waals surface area contributed by atoms with E-state index < -0.39 is 0 Å². The van der Waals surface area contributed by atoms with Gasteiger partial charge in [-0.25, -0.2) is 0 Å². The van der Waals surface area contributed by atoms with Crippen molar-refractivity contribution >= 4 is 17.2 Å². The molecule has 0 radical (unpaired) electrons. The lowest BCUT2D eigenvalue weighted by Gasteiger charge is -2.31. The Labute approximate surface area is 140 Å². The highest BCUT2D eigenvalue weighted by Gasteiger charge is 2.31. The molecule has 124 valence electrons. The molecule has 1 aliphatic heterocycles. The summed E-state index contributed by atoms with van der Waals surface area (Å²) < 4.78 is 7.58. The molecular weight excluding hydrogens is 310 g/mol. The lowest BCUT2D eigenvalue weighted by Crippen LogP contribution is -2.39. The van der Waals surface area contributed by atoms with Gasteiger partial charge in [0, 0.05) is 48.8 Å². The van der Waals surface area contributed by atoms with E-state index in [0.29, 0.717) is 26.3 Å². The first-order valence-corrected chi connectivity index (χ1v) is 8.93. The third-order valence-electron chi connectivity index (χ3n) is 4.14. The average molecular weight is 333 g/mol. The molecule has 0 saturated heterocycles. The molecule has 3 heterocycles. The lowest BCUT2D eigenvalue weighted by atomic mass is 9.97. The molecule has 23 heavy (non-hydrogen) atoms. The van der Waals surface area contributed by atoms with Gasteiger partial charge in [0.05, 0.1) is 17.2 Å². The molecule has 0 aromatic carbocycles. The molecule has 1 amide bonds. The molecule has 2 aromatic rings. The van der Waals surface area contributed by atoms with E-state index in [4.69, 9.17) is 4.74 Å². The monoisotopic (exact) mass is 333 g/mol. The number of carbonyl (C=O) groups excluding carboxylic acids is 1. The molecule has 0 bridgehead atoms. The van der Waals surface area contributed by atoms with Gasteiger partial charge in [-0.15, -0.1) is 11.3 Å². The van der Waals surface area contributed by atoms with Crippen molar-refractivity contribution in [3.8, 4) is 0 Å². The zero-order valence-corrected chi connectivity index (χ0v) is 14.7. The number of carbonyl (C=O) groups is 1. The van der Waals surface area contributed by atoms with E-state index in [1.807, 2.05) is 35.6 Å². The van der Waals surface area contributed by atoms with Crippen LogP contribution in [0.5, 0.6) is 0 Å². The fraction of sp³-hybridized carbons (Fsp3) is 0.529. The van der Waals surface area contributed by atoms with Crippen LogP contribution in [0.1, 0.15) is 45.6 Å². The molecule has 3 rings (SSSR count). The second-order valence-electron chi connectivity index (χ2n) is 5.85. The van der Waals surface area contributed by atoms with Crippen molar-refractivity contribution in [2.45, 2.75) is 39.8 Å². The Morgan fingerprint density at radius 1 is 1.43 bits per heavy atom.